The molecule has 0 atom stereocenters. The van der Waals surface area contributed by atoms with Gasteiger partial charge in [-0.2, -0.15) is 0 Å². The van der Waals surface area contributed by atoms with Gasteiger partial charge in [0, 0.05) is 0 Å². The summed E-state index contributed by atoms with van der Waals surface area (Å²) in [6.07, 6.45) is 2.73. The number of hydrogen-bond acceptors (Lipinski definition) is 1. The number of thiocarbonyl (C=S) groups is 1. The lowest BCUT2D eigenvalue weighted by molar-refractivity contribution is 1.27. The van der Waals surface area contributed by atoms with Gasteiger partial charge in [-0.15, -0.1) is 6.58 Å². The molecule has 0 saturated carbocycles. The summed E-state index contributed by atoms with van der Waals surface area (Å²) in [6, 6.07) is 7.96. The molecule has 1 rings (SSSR count). The molecule has 0 aliphatic heterocycles. The van der Waals surface area contributed by atoms with E-state index < -0.39 is 0 Å². The van der Waals surface area contributed by atoms with E-state index in [-0.39, 0.29) is 0 Å². The van der Waals surface area contributed by atoms with Gasteiger partial charge in [-0.25, -0.2) is 0 Å². The van der Waals surface area contributed by atoms with E-state index in [4.69, 9.17) is 12.2 Å². The van der Waals surface area contributed by atoms with Crippen molar-refractivity contribution in [1.29, 1.82) is 0 Å². The first kappa shape index (κ1) is 8.15. The molecule has 1 aromatic rings. The van der Waals surface area contributed by atoms with Crippen LogP contribution in [0.1, 0.15) is 11.1 Å². The van der Waals surface area contributed by atoms with Gasteiger partial charge in [0.2, 0.25) is 0 Å². The van der Waals surface area contributed by atoms with Crippen LogP contribution in [0, 0.1) is 0 Å². The zero-order valence-electron chi connectivity index (χ0n) is 6.21. The summed E-state index contributed by atoms with van der Waals surface area (Å²) in [5.41, 5.74) is 2.19. The second-order valence-electron chi connectivity index (χ2n) is 2.25. The third kappa shape index (κ3) is 1.99. The summed E-state index contributed by atoms with van der Waals surface area (Å²) in [6.45, 7) is 3.67. The van der Waals surface area contributed by atoms with Crippen molar-refractivity contribution < 1.29 is 0 Å². The fraction of sp³-hybridized carbons (Fsp3) is 0.100. The van der Waals surface area contributed by atoms with Gasteiger partial charge in [0.1, 0.15) is 0 Å². The fourth-order valence-corrected chi connectivity index (χ4v) is 1.15. The Morgan fingerprint density at radius 1 is 1.45 bits per heavy atom. The van der Waals surface area contributed by atoms with Gasteiger partial charge >= 0.3 is 0 Å². The quantitative estimate of drug-likeness (QED) is 0.485. The van der Waals surface area contributed by atoms with E-state index >= 15 is 0 Å². The monoisotopic (exact) mass is 161 g/mol. The summed E-state index contributed by atoms with van der Waals surface area (Å²) >= 11 is 4.74. The van der Waals surface area contributed by atoms with Crippen LogP contribution in [0.15, 0.2) is 36.9 Å². The van der Waals surface area contributed by atoms with Crippen molar-refractivity contribution in [3.05, 3.63) is 48.0 Å². The first-order valence-corrected chi connectivity index (χ1v) is 3.86. The Labute approximate surface area is 72.6 Å². The van der Waals surface area contributed by atoms with Crippen LogP contribution in [0.5, 0.6) is 0 Å². The molecule has 0 unspecified atom stereocenters. The summed E-state index contributed by atoms with van der Waals surface area (Å²) in [5.74, 6) is 0. The van der Waals surface area contributed by atoms with E-state index in [9.17, 15) is 0 Å². The zero-order valence-corrected chi connectivity index (χ0v) is 7.03. The minimum absolute atomic E-state index is 0.861. The molecule has 0 amide bonds. The highest BCUT2D eigenvalue weighted by Crippen LogP contribution is 2.07. The predicted molar refractivity (Wildman–Crippen MR) is 52.0 cm³/mol. The lowest BCUT2D eigenvalue weighted by atomic mass is 10.1. The molecule has 0 fully saturated rings. The second-order valence-corrected chi connectivity index (χ2v) is 2.46. The van der Waals surface area contributed by atoms with Crippen molar-refractivity contribution in [3.8, 4) is 0 Å². The largest absolute Gasteiger partial charge is 0.103 e. The van der Waals surface area contributed by atoms with E-state index in [0.29, 0.717) is 0 Å². The molecule has 0 N–H and O–H groups in total. The maximum atomic E-state index is 4.74. The maximum Gasteiger partial charge on any atom is 0.0639 e. The van der Waals surface area contributed by atoms with Gasteiger partial charge in [-0.3, -0.25) is 0 Å². The van der Waals surface area contributed by atoms with E-state index in [1.54, 1.807) is 0 Å². The van der Waals surface area contributed by atoms with Crippen molar-refractivity contribution in [2.45, 2.75) is 6.42 Å². The highest BCUT2D eigenvalue weighted by Gasteiger charge is 1.94. The topological polar surface area (TPSA) is 0 Å². The molecule has 0 aliphatic rings. The summed E-state index contributed by atoms with van der Waals surface area (Å²) in [5, 5.41) is 2.72. The third-order valence-corrected chi connectivity index (χ3v) is 1.71. The molecule has 0 saturated heterocycles. The highest BCUT2D eigenvalue weighted by molar-refractivity contribution is 7.79. The average molecular weight is 161 g/mol. The van der Waals surface area contributed by atoms with Crippen molar-refractivity contribution in [2.24, 2.45) is 0 Å². The molecule has 0 bridgehead atoms. The lowest BCUT2D eigenvalue weighted by Gasteiger charge is -1.99. The minimum Gasteiger partial charge on any atom is -0.103 e. The lowest BCUT2D eigenvalue weighted by Crippen LogP contribution is -1.88. The zero-order chi connectivity index (χ0) is 8.10. The summed E-state index contributed by atoms with van der Waals surface area (Å²) in [4.78, 5) is 0. The standard InChI is InChI=1S/C10H9S/c1-2-5-9-6-3-4-7-10(9)8-11/h2-4,6-7H,1,5H2. The van der Waals surface area contributed by atoms with Crippen LogP contribution in [0.4, 0.5) is 0 Å². The van der Waals surface area contributed by atoms with Crippen LogP contribution < -0.4 is 0 Å². The van der Waals surface area contributed by atoms with E-state index in [1.807, 2.05) is 30.3 Å². The van der Waals surface area contributed by atoms with Crippen molar-refractivity contribution in [3.63, 3.8) is 0 Å². The first-order chi connectivity index (χ1) is 5.38. The van der Waals surface area contributed by atoms with Crippen LogP contribution in [-0.4, -0.2) is 5.37 Å². The molecule has 1 aromatic carbocycles. The van der Waals surface area contributed by atoms with Gasteiger partial charge in [-0.1, -0.05) is 42.6 Å². The number of benzene rings is 1. The molecule has 11 heavy (non-hydrogen) atoms. The normalized spacial score (nSPS) is 9.09. The molecule has 0 heterocycles. The number of hydrogen-bond donors (Lipinski definition) is 0. The molecular weight excluding hydrogens is 152 g/mol. The Morgan fingerprint density at radius 3 is 2.82 bits per heavy atom. The van der Waals surface area contributed by atoms with Gasteiger partial charge in [-0.05, 0) is 17.5 Å². The fourth-order valence-electron chi connectivity index (χ4n) is 0.953. The van der Waals surface area contributed by atoms with E-state index in [1.165, 1.54) is 5.56 Å². The molecule has 0 nitrogen and oxygen atoms in total. The number of rotatable bonds is 3. The Bertz CT molecular complexity index is 263. The third-order valence-electron chi connectivity index (χ3n) is 1.49. The minimum atomic E-state index is 0.861. The van der Waals surface area contributed by atoms with Gasteiger partial charge in [0.15, 0.2) is 0 Å². The van der Waals surface area contributed by atoms with Crippen LogP contribution in [0.25, 0.3) is 0 Å². The first-order valence-electron chi connectivity index (χ1n) is 3.45. The molecule has 0 spiro atoms. The highest BCUT2D eigenvalue weighted by atomic mass is 32.1. The van der Waals surface area contributed by atoms with Crippen molar-refractivity contribution in [1.82, 2.24) is 0 Å². The Hall–Kier alpha value is -0.950. The van der Waals surface area contributed by atoms with Crippen molar-refractivity contribution >= 4 is 17.6 Å². The molecular formula is C10H9S. The van der Waals surface area contributed by atoms with Gasteiger partial charge in [0.25, 0.3) is 0 Å². The Kier molecular flexibility index (Phi) is 2.99. The second kappa shape index (κ2) is 4.04. The summed E-state index contributed by atoms with van der Waals surface area (Å²) in [7, 11) is 0. The predicted octanol–water partition coefficient (Wildman–Crippen LogP) is 2.64. The average Bonchev–Trinajstić information content (AvgIpc) is 2.06. The molecule has 55 valence electrons. The van der Waals surface area contributed by atoms with Crippen LogP contribution in [-0.2, 0) is 6.42 Å². The number of allylic oxidation sites excluding steroid dienone is 1. The molecule has 0 aromatic heterocycles. The summed E-state index contributed by atoms with van der Waals surface area (Å²) < 4.78 is 0. The Morgan fingerprint density at radius 2 is 2.18 bits per heavy atom. The molecule has 0 aliphatic carbocycles. The van der Waals surface area contributed by atoms with E-state index in [2.05, 4.69) is 11.9 Å². The SMILES string of the molecule is C=CCc1ccccc1[C]=S. The smallest absolute Gasteiger partial charge is 0.0639 e. The van der Waals surface area contributed by atoms with Gasteiger partial charge < -0.3 is 0 Å². The van der Waals surface area contributed by atoms with Crippen LogP contribution in [0.3, 0.4) is 0 Å². The molecule has 1 heteroatoms. The van der Waals surface area contributed by atoms with Crippen LogP contribution >= 0.6 is 12.2 Å². The van der Waals surface area contributed by atoms with Crippen molar-refractivity contribution in [2.75, 3.05) is 0 Å². The maximum absolute atomic E-state index is 4.74. The Balaban J connectivity index is 3.01. The van der Waals surface area contributed by atoms with Gasteiger partial charge in [0.05, 0.1) is 5.37 Å². The van der Waals surface area contributed by atoms with E-state index in [0.717, 1.165) is 12.0 Å². The van der Waals surface area contributed by atoms with Crippen LogP contribution in [0.2, 0.25) is 0 Å². The molecule has 1 radical (unpaired) electrons.